The average Bonchev–Trinajstić information content (AvgIpc) is 2.37. The van der Waals surface area contributed by atoms with Crippen molar-refractivity contribution in [3.05, 3.63) is 16.4 Å². The van der Waals surface area contributed by atoms with Gasteiger partial charge in [-0.2, -0.15) is 0 Å². The fraction of sp³-hybridized carbons (Fsp3) is 0.636. The van der Waals surface area contributed by atoms with E-state index < -0.39 is 4.92 Å². The van der Waals surface area contributed by atoms with Gasteiger partial charge in [-0.1, -0.05) is 6.92 Å². The molecule has 0 aliphatic rings. The summed E-state index contributed by atoms with van der Waals surface area (Å²) in [6, 6.07) is 0.465. The molecule has 19 heavy (non-hydrogen) atoms. The van der Waals surface area contributed by atoms with Gasteiger partial charge in [0.2, 0.25) is 11.6 Å². The highest BCUT2D eigenvalue weighted by Crippen LogP contribution is 2.25. The van der Waals surface area contributed by atoms with Gasteiger partial charge in [0.15, 0.2) is 0 Å². The van der Waals surface area contributed by atoms with E-state index in [1.807, 2.05) is 7.05 Å². The van der Waals surface area contributed by atoms with Crippen molar-refractivity contribution in [3.8, 4) is 0 Å². The number of nitrogens with two attached hydrogens (primary N) is 1. The third-order valence-corrected chi connectivity index (χ3v) is 3.13. The van der Waals surface area contributed by atoms with Crippen molar-refractivity contribution in [2.75, 3.05) is 31.2 Å². The molecule has 0 saturated carbocycles. The van der Waals surface area contributed by atoms with Crippen molar-refractivity contribution in [1.29, 1.82) is 0 Å². The van der Waals surface area contributed by atoms with Gasteiger partial charge in [-0.05, 0) is 20.4 Å². The zero-order valence-electron chi connectivity index (χ0n) is 11.5. The van der Waals surface area contributed by atoms with Gasteiger partial charge < -0.3 is 16.0 Å². The smallest absolute Gasteiger partial charge is 0.352 e. The van der Waals surface area contributed by atoms with Crippen molar-refractivity contribution in [2.24, 2.45) is 0 Å². The first-order chi connectivity index (χ1) is 8.97. The Morgan fingerprint density at radius 1 is 1.58 bits per heavy atom. The van der Waals surface area contributed by atoms with Crippen molar-refractivity contribution in [3.63, 3.8) is 0 Å². The number of hydrogen-bond acceptors (Lipinski definition) is 7. The van der Waals surface area contributed by atoms with Crippen molar-refractivity contribution < 1.29 is 4.92 Å². The van der Waals surface area contributed by atoms with Gasteiger partial charge in [0.05, 0.1) is 4.92 Å². The minimum Gasteiger partial charge on any atom is -0.378 e. The van der Waals surface area contributed by atoms with Crippen molar-refractivity contribution >= 4 is 17.3 Å². The van der Waals surface area contributed by atoms with Gasteiger partial charge in [-0.3, -0.25) is 10.1 Å². The minimum atomic E-state index is -0.573. The number of nitrogens with zero attached hydrogens (tertiary/aromatic N) is 4. The monoisotopic (exact) mass is 268 g/mol. The van der Waals surface area contributed by atoms with Crippen LogP contribution in [0.15, 0.2) is 6.33 Å². The maximum Gasteiger partial charge on any atom is 0.352 e. The van der Waals surface area contributed by atoms with Gasteiger partial charge in [0, 0.05) is 19.1 Å². The van der Waals surface area contributed by atoms with Crippen LogP contribution in [0, 0.1) is 10.1 Å². The molecule has 8 nitrogen and oxygen atoms in total. The number of aromatic nitrogens is 2. The van der Waals surface area contributed by atoms with Crippen LogP contribution in [0.2, 0.25) is 0 Å². The van der Waals surface area contributed by atoms with Crippen LogP contribution in [0.3, 0.4) is 0 Å². The molecule has 8 heteroatoms. The second-order valence-electron chi connectivity index (χ2n) is 4.38. The highest BCUT2D eigenvalue weighted by molar-refractivity contribution is 5.67. The Labute approximate surface area is 112 Å². The first-order valence-corrected chi connectivity index (χ1v) is 6.16. The fourth-order valence-corrected chi connectivity index (χ4v) is 1.58. The Morgan fingerprint density at radius 3 is 2.84 bits per heavy atom. The predicted molar refractivity (Wildman–Crippen MR) is 74.0 cm³/mol. The van der Waals surface area contributed by atoms with Crippen LogP contribution in [0.1, 0.15) is 20.3 Å². The SMILES string of the molecule is CCC(C)N(C)CCNc1ncnc(N)c1[N+](=O)[O-]. The molecule has 0 saturated heterocycles. The molecule has 1 unspecified atom stereocenters. The van der Waals surface area contributed by atoms with Gasteiger partial charge in [0.25, 0.3) is 0 Å². The van der Waals surface area contributed by atoms with Gasteiger partial charge in [0.1, 0.15) is 6.33 Å². The van der Waals surface area contributed by atoms with Crippen LogP contribution in [0.4, 0.5) is 17.3 Å². The first kappa shape index (κ1) is 15.1. The van der Waals surface area contributed by atoms with E-state index in [9.17, 15) is 10.1 Å². The lowest BCUT2D eigenvalue weighted by Crippen LogP contribution is -2.32. The lowest BCUT2D eigenvalue weighted by Gasteiger charge is -2.23. The van der Waals surface area contributed by atoms with Crippen LogP contribution >= 0.6 is 0 Å². The summed E-state index contributed by atoms with van der Waals surface area (Å²) in [4.78, 5) is 20.0. The predicted octanol–water partition coefficient (Wildman–Crippen LogP) is 1.11. The van der Waals surface area contributed by atoms with Crippen LogP contribution in [-0.4, -0.2) is 46.0 Å². The van der Waals surface area contributed by atoms with E-state index in [1.54, 1.807) is 0 Å². The Balaban J connectivity index is 2.64. The second-order valence-corrected chi connectivity index (χ2v) is 4.38. The van der Waals surface area contributed by atoms with Crippen LogP contribution < -0.4 is 11.1 Å². The number of hydrogen-bond donors (Lipinski definition) is 2. The third-order valence-electron chi connectivity index (χ3n) is 3.13. The van der Waals surface area contributed by atoms with Crippen molar-refractivity contribution in [1.82, 2.24) is 14.9 Å². The molecule has 0 aliphatic carbocycles. The van der Waals surface area contributed by atoms with Crippen LogP contribution in [0.25, 0.3) is 0 Å². The number of nitro groups is 1. The standard InChI is InChI=1S/C11H20N6O2/c1-4-8(2)16(3)6-5-13-11-9(17(18)19)10(12)14-7-15-11/h7-8H,4-6H2,1-3H3,(H3,12,13,14,15). The molecule has 1 atom stereocenters. The molecule has 106 valence electrons. The van der Waals surface area contributed by atoms with Crippen LogP contribution in [-0.2, 0) is 0 Å². The zero-order valence-corrected chi connectivity index (χ0v) is 11.5. The maximum absolute atomic E-state index is 10.9. The third kappa shape index (κ3) is 4.02. The number of nitrogens with one attached hydrogen (secondary N) is 1. The quantitative estimate of drug-likeness (QED) is 0.563. The molecule has 1 aromatic rings. The molecule has 0 aromatic carbocycles. The van der Waals surface area contributed by atoms with Gasteiger partial charge >= 0.3 is 5.69 Å². The molecule has 3 N–H and O–H groups in total. The molecule has 1 rings (SSSR count). The summed E-state index contributed by atoms with van der Waals surface area (Å²) in [6.45, 7) is 5.56. The minimum absolute atomic E-state index is 0.127. The maximum atomic E-state index is 10.9. The molecule has 0 spiro atoms. The normalized spacial score (nSPS) is 12.4. The Kier molecular flexibility index (Phi) is 5.43. The summed E-state index contributed by atoms with van der Waals surface area (Å²) >= 11 is 0. The summed E-state index contributed by atoms with van der Waals surface area (Å²) in [7, 11) is 2.01. The molecular weight excluding hydrogens is 248 g/mol. The van der Waals surface area contributed by atoms with E-state index >= 15 is 0 Å². The van der Waals surface area contributed by atoms with Gasteiger partial charge in [-0.15, -0.1) is 0 Å². The van der Waals surface area contributed by atoms with Crippen LogP contribution in [0.5, 0.6) is 0 Å². The van der Waals surface area contributed by atoms with E-state index in [1.165, 1.54) is 6.33 Å². The summed E-state index contributed by atoms with van der Waals surface area (Å²) in [5.41, 5.74) is 5.21. The summed E-state index contributed by atoms with van der Waals surface area (Å²) in [6.07, 6.45) is 2.26. The lowest BCUT2D eigenvalue weighted by molar-refractivity contribution is -0.383. The van der Waals surface area contributed by atoms with E-state index in [-0.39, 0.29) is 17.3 Å². The molecule has 0 aliphatic heterocycles. The molecule has 1 heterocycles. The molecule has 0 radical (unpaired) electrons. The molecule has 0 fully saturated rings. The summed E-state index contributed by atoms with van der Waals surface area (Å²) in [5, 5.41) is 13.8. The number of nitrogen functional groups attached to an aromatic ring is 1. The van der Waals surface area contributed by atoms with E-state index in [2.05, 4.69) is 34.0 Å². The molecule has 1 aromatic heterocycles. The second kappa shape index (κ2) is 6.83. The largest absolute Gasteiger partial charge is 0.378 e. The highest BCUT2D eigenvalue weighted by Gasteiger charge is 2.20. The van der Waals surface area contributed by atoms with E-state index in [0.29, 0.717) is 12.6 Å². The number of anilines is 2. The van der Waals surface area contributed by atoms with Gasteiger partial charge in [-0.25, -0.2) is 9.97 Å². The number of rotatable bonds is 7. The average molecular weight is 268 g/mol. The zero-order chi connectivity index (χ0) is 14.4. The Hall–Kier alpha value is -1.96. The topological polar surface area (TPSA) is 110 Å². The molecule has 0 amide bonds. The first-order valence-electron chi connectivity index (χ1n) is 6.16. The highest BCUT2D eigenvalue weighted by atomic mass is 16.6. The van der Waals surface area contributed by atoms with E-state index in [4.69, 9.17) is 5.73 Å². The molecular formula is C11H20N6O2. The molecule has 0 bridgehead atoms. The Bertz CT molecular complexity index is 439. The lowest BCUT2D eigenvalue weighted by atomic mass is 10.2. The van der Waals surface area contributed by atoms with Crippen molar-refractivity contribution in [2.45, 2.75) is 26.3 Å². The number of likely N-dealkylation sites (N-methyl/N-ethyl adjacent to an activating group) is 1. The summed E-state index contributed by atoms with van der Waals surface area (Å²) in [5.74, 6) is 0.0350. The summed E-state index contributed by atoms with van der Waals surface area (Å²) < 4.78 is 0. The Morgan fingerprint density at radius 2 is 2.26 bits per heavy atom. The van der Waals surface area contributed by atoms with E-state index in [0.717, 1.165) is 13.0 Å². The fourth-order valence-electron chi connectivity index (χ4n) is 1.58.